The molecule has 4 fully saturated rings. The van der Waals surface area contributed by atoms with Crippen LogP contribution in [0.5, 0.6) is 5.88 Å². The van der Waals surface area contributed by atoms with Gasteiger partial charge in [-0.3, -0.25) is 14.4 Å². The molecule has 5 aliphatic rings. The lowest BCUT2D eigenvalue weighted by atomic mass is 9.33. The molecule has 2 aromatic rings. The summed E-state index contributed by atoms with van der Waals surface area (Å²) in [6.07, 6.45) is 3.27. The van der Waals surface area contributed by atoms with Gasteiger partial charge < -0.3 is 24.3 Å². The highest BCUT2D eigenvalue weighted by Crippen LogP contribution is 2.76. The van der Waals surface area contributed by atoms with E-state index >= 15 is 0 Å². The fourth-order valence-corrected chi connectivity index (χ4v) is 12.9. The number of aromatic nitrogens is 3. The quantitative estimate of drug-likeness (QED) is 0.233. The topological polar surface area (TPSA) is 154 Å². The molecule has 312 valence electrons. The number of aliphatic carboxylic acids is 1. The minimum Gasteiger partial charge on any atom is -0.481 e. The van der Waals surface area contributed by atoms with E-state index in [1.807, 2.05) is 0 Å². The first-order valence-corrected chi connectivity index (χ1v) is 20.4. The third kappa shape index (κ3) is 6.64. The van der Waals surface area contributed by atoms with Crippen LogP contribution in [0.4, 0.5) is 19.2 Å². The van der Waals surface area contributed by atoms with Gasteiger partial charge in [0, 0.05) is 24.1 Å². The molecule has 0 unspecified atom stereocenters. The largest absolute Gasteiger partial charge is 0.574 e. The minimum absolute atomic E-state index is 0.00660. The van der Waals surface area contributed by atoms with E-state index in [1.54, 1.807) is 13.8 Å². The van der Waals surface area contributed by atoms with Crippen LogP contribution in [0.25, 0.3) is 11.5 Å². The summed E-state index contributed by atoms with van der Waals surface area (Å²) in [4.78, 5) is 42.7. The Balaban J connectivity index is 1.15. The number of halogens is 3. The smallest absolute Gasteiger partial charge is 0.481 e. The van der Waals surface area contributed by atoms with E-state index in [1.165, 1.54) is 17.8 Å². The molecule has 11 nitrogen and oxygen atoms in total. The summed E-state index contributed by atoms with van der Waals surface area (Å²) >= 11 is 0. The molecule has 0 saturated heterocycles. The van der Waals surface area contributed by atoms with Crippen LogP contribution < -0.4 is 10.1 Å². The number of ketones is 1. The molecule has 2 heterocycles. The molecule has 57 heavy (non-hydrogen) atoms. The Labute approximate surface area is 332 Å². The van der Waals surface area contributed by atoms with Crippen molar-refractivity contribution in [1.82, 2.24) is 15.2 Å². The number of pyridine rings is 1. The molecule has 0 radical (unpaired) electrons. The number of carboxylic acid groups (broad SMARTS) is 1. The van der Waals surface area contributed by atoms with Crippen molar-refractivity contribution in [2.24, 2.45) is 50.7 Å². The predicted molar refractivity (Wildman–Crippen MR) is 203 cm³/mol. The summed E-state index contributed by atoms with van der Waals surface area (Å²) in [6, 6.07) is 2.59. The van der Waals surface area contributed by atoms with Gasteiger partial charge in [0.2, 0.25) is 5.88 Å². The van der Waals surface area contributed by atoms with E-state index in [-0.39, 0.29) is 70.1 Å². The van der Waals surface area contributed by atoms with Crippen LogP contribution in [0, 0.1) is 50.7 Å². The van der Waals surface area contributed by atoms with Crippen LogP contribution in [-0.2, 0) is 19.1 Å². The van der Waals surface area contributed by atoms with Gasteiger partial charge in [-0.1, -0.05) is 53.6 Å². The number of allylic oxidation sites excluding steroid dienone is 1. The molecule has 14 heteroatoms. The molecular formula is C43H57F3N4O7. The second-order valence-corrected chi connectivity index (χ2v) is 20.0. The van der Waals surface area contributed by atoms with Gasteiger partial charge in [-0.25, -0.2) is 4.98 Å². The minimum atomic E-state index is -4.86. The first-order valence-electron chi connectivity index (χ1n) is 20.4. The fourth-order valence-electron chi connectivity index (χ4n) is 12.9. The highest BCUT2D eigenvalue weighted by molar-refractivity contribution is 6.02. The zero-order valence-corrected chi connectivity index (χ0v) is 34.6. The zero-order chi connectivity index (χ0) is 41.7. The lowest BCUT2D eigenvalue weighted by Gasteiger charge is -2.72. The van der Waals surface area contributed by atoms with E-state index in [0.29, 0.717) is 23.8 Å². The number of fused-ring (bicyclic) bond motifs is 7. The van der Waals surface area contributed by atoms with E-state index < -0.39 is 35.1 Å². The number of rotatable bonds is 9. The second-order valence-electron chi connectivity index (χ2n) is 20.0. The van der Waals surface area contributed by atoms with E-state index in [0.717, 1.165) is 56.6 Å². The SMILES string of the molecule is CC(C)C1=C2[C@H]3CC[C@@H]4[C@@]5(C)CC[C@H](OC(=O)CC(C)(C)C(=O)O)C(C)(C)[C@@H]5CC[C@@]4(C)[C@]3(C)CC[C@@]2(Nc2nnc(-c3ccc(OC(F)(F)F)nc3)o2)CC1=O. The van der Waals surface area contributed by atoms with Crippen LogP contribution in [0.3, 0.4) is 0 Å². The van der Waals surface area contributed by atoms with E-state index in [4.69, 9.17) is 9.15 Å². The number of hydrogen-bond acceptors (Lipinski definition) is 10. The Morgan fingerprint density at radius 1 is 0.965 bits per heavy atom. The van der Waals surface area contributed by atoms with Crippen LogP contribution in [0.1, 0.15) is 127 Å². The summed E-state index contributed by atoms with van der Waals surface area (Å²) in [5, 5.41) is 21.6. The van der Waals surface area contributed by atoms with Crippen molar-refractivity contribution in [1.29, 1.82) is 0 Å². The average molecular weight is 799 g/mol. The van der Waals surface area contributed by atoms with Crippen molar-refractivity contribution in [3.63, 3.8) is 0 Å². The molecule has 0 spiro atoms. The van der Waals surface area contributed by atoms with Crippen LogP contribution >= 0.6 is 0 Å². The Morgan fingerprint density at radius 2 is 1.68 bits per heavy atom. The summed E-state index contributed by atoms with van der Waals surface area (Å²) < 4.78 is 54.1. The van der Waals surface area contributed by atoms with Gasteiger partial charge in [0.05, 0.1) is 22.9 Å². The van der Waals surface area contributed by atoms with Crippen molar-refractivity contribution in [2.45, 2.75) is 145 Å². The Bertz CT molecular complexity index is 1970. The van der Waals surface area contributed by atoms with Crippen LogP contribution in [0.15, 0.2) is 33.9 Å². The molecule has 7 rings (SSSR count). The number of carbonyl (C=O) groups excluding carboxylic acids is 2. The van der Waals surface area contributed by atoms with Crippen molar-refractivity contribution in [2.75, 3.05) is 5.32 Å². The predicted octanol–water partition coefficient (Wildman–Crippen LogP) is 9.59. The van der Waals surface area contributed by atoms with E-state index in [9.17, 15) is 32.7 Å². The van der Waals surface area contributed by atoms with Gasteiger partial charge in [-0.2, -0.15) is 0 Å². The van der Waals surface area contributed by atoms with Gasteiger partial charge in [0.1, 0.15) is 6.10 Å². The molecule has 4 saturated carbocycles. The molecule has 0 bridgehead atoms. The maximum atomic E-state index is 14.1. The average Bonchev–Trinajstić information content (AvgIpc) is 3.67. The lowest BCUT2D eigenvalue weighted by Crippen LogP contribution is -2.66. The first kappa shape index (κ1) is 41.2. The third-order valence-electron chi connectivity index (χ3n) is 15.8. The van der Waals surface area contributed by atoms with Crippen molar-refractivity contribution >= 4 is 23.7 Å². The number of carbonyl (C=O) groups is 3. The van der Waals surface area contributed by atoms with Crippen LogP contribution in [-0.4, -0.2) is 56.0 Å². The number of alkyl halides is 3. The molecular weight excluding hydrogens is 741 g/mol. The standard InChI is InChI=1S/C43H57F3N4O7/c1-23(2)32-26(51)20-42(48-36-50-49-34(56-36)24-10-13-30(47-22-24)57-43(44,45)46)19-18-40(8)25(33(32)42)11-12-28-39(7)16-15-29(55-31(52)21-37(3,4)35(53)54)38(5,6)27(39)14-17-41(28,40)9/h10,13,22-23,25,27-29H,11-12,14-21H2,1-9H3,(H,48,50)(H,53,54)/t25-,27+,28-,29+,39+,40-,41-,42-/m1/s1. The number of esters is 1. The van der Waals surface area contributed by atoms with Gasteiger partial charge in [-0.05, 0) is 122 Å². The normalized spacial score (nSPS) is 34.9. The number of nitrogens with zero attached hydrogens (tertiary/aromatic N) is 3. The Hall–Kier alpha value is -3.97. The lowest BCUT2D eigenvalue weighted by molar-refractivity contribution is -0.276. The number of Topliss-reactive ketones (excluding diaryl/α,β-unsaturated/α-hetero) is 1. The summed E-state index contributed by atoms with van der Waals surface area (Å²) in [5.74, 6) is -1.01. The van der Waals surface area contributed by atoms with Gasteiger partial charge >= 0.3 is 24.3 Å². The van der Waals surface area contributed by atoms with Gasteiger partial charge in [-0.15, -0.1) is 18.3 Å². The number of nitrogens with one attached hydrogen (secondary N) is 1. The van der Waals surface area contributed by atoms with E-state index in [2.05, 4.69) is 73.7 Å². The van der Waals surface area contributed by atoms with Crippen molar-refractivity contribution in [3.05, 3.63) is 29.5 Å². The monoisotopic (exact) mass is 798 g/mol. The molecule has 8 atom stereocenters. The molecule has 2 N–H and O–H groups in total. The molecule has 0 amide bonds. The summed E-state index contributed by atoms with van der Waals surface area (Å²) in [7, 11) is 0. The summed E-state index contributed by atoms with van der Waals surface area (Å²) in [6.45, 7) is 19.1. The Morgan fingerprint density at radius 3 is 2.32 bits per heavy atom. The van der Waals surface area contributed by atoms with Crippen LogP contribution in [0.2, 0.25) is 0 Å². The molecule has 5 aliphatic carbocycles. The Kier molecular flexibility index (Phi) is 9.79. The maximum absolute atomic E-state index is 14.1. The first-order chi connectivity index (χ1) is 26.4. The highest BCUT2D eigenvalue weighted by atomic mass is 19.4. The number of hydrogen-bond donors (Lipinski definition) is 2. The van der Waals surface area contributed by atoms with Gasteiger partial charge in [0.25, 0.3) is 5.89 Å². The third-order valence-corrected chi connectivity index (χ3v) is 15.8. The highest BCUT2D eigenvalue weighted by Gasteiger charge is 2.70. The van der Waals surface area contributed by atoms with Crippen molar-refractivity contribution in [3.8, 4) is 17.3 Å². The van der Waals surface area contributed by atoms with Gasteiger partial charge in [0.15, 0.2) is 5.78 Å². The number of anilines is 1. The maximum Gasteiger partial charge on any atom is 0.574 e. The molecule has 2 aromatic heterocycles. The van der Waals surface area contributed by atoms with Crippen molar-refractivity contribution < 1.29 is 46.6 Å². The summed E-state index contributed by atoms with van der Waals surface area (Å²) in [5.41, 5.74) is 0.00862. The zero-order valence-electron chi connectivity index (χ0n) is 34.6. The molecule has 0 aromatic carbocycles. The number of carboxylic acids is 1. The second kappa shape index (κ2) is 13.5. The molecule has 0 aliphatic heterocycles. The number of ether oxygens (including phenoxy) is 2. The fraction of sp³-hybridized carbons (Fsp3) is 0.721.